The topological polar surface area (TPSA) is 105 Å². The van der Waals surface area contributed by atoms with E-state index < -0.39 is 28.5 Å². The van der Waals surface area contributed by atoms with Gasteiger partial charge in [0, 0.05) is 17.5 Å². The lowest BCUT2D eigenvalue weighted by Crippen LogP contribution is -2.53. The molecular weight excluding hydrogens is 611 g/mol. The maximum atomic E-state index is 14.3. The molecule has 1 atom stereocenters. The van der Waals surface area contributed by atoms with E-state index in [1.165, 1.54) is 28.8 Å². The molecular formula is C34H43N3O6S2. The molecule has 4 rings (SSSR count). The molecule has 0 heterocycles. The van der Waals surface area contributed by atoms with Gasteiger partial charge in [-0.1, -0.05) is 43.5 Å². The highest BCUT2D eigenvalue weighted by molar-refractivity contribution is 7.98. The van der Waals surface area contributed by atoms with Crippen molar-refractivity contribution in [3.8, 4) is 11.5 Å². The molecule has 45 heavy (non-hydrogen) atoms. The lowest BCUT2D eigenvalue weighted by atomic mass is 9.95. The van der Waals surface area contributed by atoms with Crippen LogP contribution >= 0.6 is 11.8 Å². The molecule has 0 aromatic heterocycles. The van der Waals surface area contributed by atoms with Crippen molar-refractivity contribution < 1.29 is 27.5 Å². The molecule has 0 spiro atoms. The third-order valence-corrected chi connectivity index (χ3v) is 10.5. The van der Waals surface area contributed by atoms with E-state index in [2.05, 4.69) is 5.32 Å². The Morgan fingerprint density at radius 3 is 2.38 bits per heavy atom. The van der Waals surface area contributed by atoms with Crippen LogP contribution in [0.4, 0.5) is 5.69 Å². The summed E-state index contributed by atoms with van der Waals surface area (Å²) >= 11 is 1.50. The number of ether oxygens (including phenoxy) is 2. The number of nitrogens with zero attached hydrogens (tertiary/aromatic N) is 2. The normalized spacial score (nSPS) is 14.3. The van der Waals surface area contributed by atoms with Crippen molar-refractivity contribution in [2.75, 3.05) is 30.8 Å². The molecule has 11 heteroatoms. The van der Waals surface area contributed by atoms with Crippen molar-refractivity contribution in [1.29, 1.82) is 0 Å². The van der Waals surface area contributed by atoms with E-state index in [-0.39, 0.29) is 29.1 Å². The van der Waals surface area contributed by atoms with Crippen LogP contribution in [-0.2, 0) is 26.2 Å². The number of amides is 2. The molecule has 1 saturated carbocycles. The number of thioether (sulfide) groups is 1. The number of nitrogens with one attached hydrogen (secondary N) is 1. The Hall–Kier alpha value is -3.70. The Morgan fingerprint density at radius 2 is 1.71 bits per heavy atom. The van der Waals surface area contributed by atoms with Gasteiger partial charge in [-0.15, -0.1) is 11.8 Å². The van der Waals surface area contributed by atoms with Crippen molar-refractivity contribution in [2.45, 2.75) is 74.4 Å². The van der Waals surface area contributed by atoms with Crippen molar-refractivity contribution in [2.24, 2.45) is 0 Å². The number of carbonyl (C=O) groups excluding carboxylic acids is 2. The Bertz CT molecular complexity index is 1540. The quantitative estimate of drug-likeness (QED) is 0.217. The summed E-state index contributed by atoms with van der Waals surface area (Å²) in [7, 11) is -2.66. The van der Waals surface area contributed by atoms with Crippen LogP contribution in [0.5, 0.6) is 11.5 Å². The van der Waals surface area contributed by atoms with Crippen LogP contribution in [-0.4, -0.2) is 63.7 Å². The molecule has 9 nitrogen and oxygen atoms in total. The fourth-order valence-corrected chi connectivity index (χ4v) is 7.28. The van der Waals surface area contributed by atoms with Crippen molar-refractivity contribution in [1.82, 2.24) is 10.2 Å². The third-order valence-electron chi connectivity index (χ3n) is 7.97. The zero-order valence-corrected chi connectivity index (χ0v) is 28.0. The van der Waals surface area contributed by atoms with Gasteiger partial charge in [0.2, 0.25) is 11.8 Å². The number of sulfonamides is 1. The third kappa shape index (κ3) is 8.73. The number of anilines is 1. The van der Waals surface area contributed by atoms with Gasteiger partial charge in [-0.05, 0) is 87.0 Å². The van der Waals surface area contributed by atoms with E-state index in [1.54, 1.807) is 62.6 Å². The number of hydrogen-bond donors (Lipinski definition) is 1. The largest absolute Gasteiger partial charge is 0.497 e. The summed E-state index contributed by atoms with van der Waals surface area (Å²) in [6, 6.07) is 19.8. The van der Waals surface area contributed by atoms with E-state index in [1.807, 2.05) is 25.3 Å². The summed E-state index contributed by atoms with van der Waals surface area (Å²) in [5.74, 6) is 0.150. The summed E-state index contributed by atoms with van der Waals surface area (Å²) in [4.78, 5) is 30.3. The van der Waals surface area contributed by atoms with E-state index in [9.17, 15) is 18.0 Å². The molecule has 1 aliphatic carbocycles. The van der Waals surface area contributed by atoms with Gasteiger partial charge in [-0.3, -0.25) is 13.9 Å². The van der Waals surface area contributed by atoms with Crippen LogP contribution in [0.1, 0.15) is 51.5 Å². The number of hydrogen-bond acceptors (Lipinski definition) is 7. The predicted molar refractivity (Wildman–Crippen MR) is 178 cm³/mol. The van der Waals surface area contributed by atoms with E-state index in [0.29, 0.717) is 18.1 Å². The minimum atomic E-state index is -4.22. The molecule has 0 unspecified atom stereocenters. The van der Waals surface area contributed by atoms with Crippen LogP contribution in [0.25, 0.3) is 0 Å². The molecule has 3 aromatic carbocycles. The van der Waals surface area contributed by atoms with Gasteiger partial charge >= 0.3 is 0 Å². The minimum absolute atomic E-state index is 0.0434. The second-order valence-electron chi connectivity index (χ2n) is 11.0. The summed E-state index contributed by atoms with van der Waals surface area (Å²) in [6.45, 7) is 3.34. The van der Waals surface area contributed by atoms with E-state index in [4.69, 9.17) is 9.47 Å². The van der Waals surface area contributed by atoms with E-state index in [0.717, 1.165) is 46.9 Å². The zero-order chi connectivity index (χ0) is 32.4. The second-order valence-corrected chi connectivity index (χ2v) is 13.7. The van der Waals surface area contributed by atoms with Crippen LogP contribution in [0.15, 0.2) is 82.6 Å². The number of methoxy groups -OCH3 is 1. The van der Waals surface area contributed by atoms with Gasteiger partial charge in [-0.2, -0.15) is 0 Å². The molecule has 2 amide bonds. The molecule has 1 N–H and O–H groups in total. The molecule has 3 aromatic rings. The van der Waals surface area contributed by atoms with Gasteiger partial charge in [-0.25, -0.2) is 8.42 Å². The standard InChI is InChI=1S/C34H43N3O6S2/c1-5-43-32-17-10-9-16-31(32)37(45(40,41)30-20-18-29(44-4)19-21-30)24-33(38)36(23-26-12-11-15-28(22-26)42-3)25(2)34(39)35-27-13-7-6-8-14-27/h9-12,15-22,25,27H,5-8,13-14,23-24H2,1-4H3,(H,35,39)/t25-/m1/s1. The monoisotopic (exact) mass is 653 g/mol. The number of para-hydroxylation sites is 2. The average molecular weight is 654 g/mol. The van der Waals surface area contributed by atoms with E-state index >= 15 is 0 Å². The van der Waals surface area contributed by atoms with Crippen LogP contribution in [0.2, 0.25) is 0 Å². The highest BCUT2D eigenvalue weighted by Gasteiger charge is 2.34. The van der Waals surface area contributed by atoms with Crippen LogP contribution in [0.3, 0.4) is 0 Å². The smallest absolute Gasteiger partial charge is 0.264 e. The van der Waals surface area contributed by atoms with Gasteiger partial charge in [0.25, 0.3) is 10.0 Å². The average Bonchev–Trinajstić information content (AvgIpc) is 3.06. The molecule has 0 bridgehead atoms. The zero-order valence-electron chi connectivity index (χ0n) is 26.4. The maximum Gasteiger partial charge on any atom is 0.264 e. The summed E-state index contributed by atoms with van der Waals surface area (Å²) in [6.07, 6.45) is 6.96. The lowest BCUT2D eigenvalue weighted by molar-refractivity contribution is -0.139. The number of benzene rings is 3. The Morgan fingerprint density at radius 1 is 1.00 bits per heavy atom. The van der Waals surface area contributed by atoms with Crippen molar-refractivity contribution in [3.05, 3.63) is 78.4 Å². The molecule has 242 valence electrons. The number of rotatable bonds is 14. The summed E-state index contributed by atoms with van der Waals surface area (Å²) in [5.41, 5.74) is 0.985. The highest BCUT2D eigenvalue weighted by Crippen LogP contribution is 2.33. The molecule has 0 aliphatic heterocycles. The van der Waals surface area contributed by atoms with Crippen LogP contribution < -0.4 is 19.1 Å². The second kappa shape index (κ2) is 16.0. The number of carbonyl (C=O) groups is 2. The molecule has 0 saturated heterocycles. The van der Waals surface area contributed by atoms with Crippen LogP contribution in [0, 0.1) is 0 Å². The Kier molecular flexibility index (Phi) is 12.2. The Balaban J connectivity index is 1.73. The first kappa shape index (κ1) is 34.2. The fraction of sp³-hybridized carbons (Fsp3) is 0.412. The highest BCUT2D eigenvalue weighted by atomic mass is 32.2. The molecule has 1 fully saturated rings. The molecule has 0 radical (unpaired) electrons. The van der Waals surface area contributed by atoms with Gasteiger partial charge in [0.15, 0.2) is 0 Å². The Labute approximate surface area is 271 Å². The van der Waals surface area contributed by atoms with Gasteiger partial charge in [0.1, 0.15) is 24.1 Å². The summed E-state index contributed by atoms with van der Waals surface area (Å²) in [5, 5.41) is 3.13. The van der Waals surface area contributed by atoms with Crippen molar-refractivity contribution >= 4 is 39.3 Å². The first-order valence-electron chi connectivity index (χ1n) is 15.3. The van der Waals surface area contributed by atoms with Gasteiger partial charge in [0.05, 0.1) is 24.3 Å². The fourth-order valence-electron chi connectivity index (χ4n) is 5.45. The SMILES string of the molecule is CCOc1ccccc1N(CC(=O)N(Cc1cccc(OC)c1)[C@H](C)C(=O)NC1CCCCC1)S(=O)(=O)c1ccc(SC)cc1. The first-order chi connectivity index (χ1) is 21.7. The molecule has 1 aliphatic rings. The minimum Gasteiger partial charge on any atom is -0.497 e. The van der Waals surface area contributed by atoms with Gasteiger partial charge < -0.3 is 19.7 Å². The lowest BCUT2D eigenvalue weighted by Gasteiger charge is -2.33. The summed E-state index contributed by atoms with van der Waals surface area (Å²) < 4.78 is 40.8. The maximum absolute atomic E-state index is 14.3. The predicted octanol–water partition coefficient (Wildman–Crippen LogP) is 5.88. The first-order valence-corrected chi connectivity index (χ1v) is 18.0. The van der Waals surface area contributed by atoms with Crippen molar-refractivity contribution in [3.63, 3.8) is 0 Å².